The average molecular weight is 525 g/mol. The third kappa shape index (κ3) is 5.66. The van der Waals surface area contributed by atoms with Gasteiger partial charge in [-0.1, -0.05) is 18.2 Å². The van der Waals surface area contributed by atoms with E-state index in [9.17, 15) is 4.79 Å². The molecule has 0 bridgehead atoms. The van der Waals surface area contributed by atoms with Crippen LogP contribution >= 0.6 is 24.0 Å². The highest BCUT2D eigenvalue weighted by atomic mass is 127. The van der Waals surface area contributed by atoms with Gasteiger partial charge in [-0.15, -0.1) is 24.0 Å². The molecule has 0 radical (unpaired) electrons. The Hall–Kier alpha value is -1.35. The molecule has 3 aliphatic rings. The second kappa shape index (κ2) is 10.8. The predicted molar refractivity (Wildman–Crippen MR) is 134 cm³/mol. The van der Waals surface area contributed by atoms with Crippen molar-refractivity contribution < 1.29 is 4.79 Å². The zero-order valence-corrected chi connectivity index (χ0v) is 20.6. The average Bonchev–Trinajstić information content (AvgIpc) is 3.36. The molecule has 2 unspecified atom stereocenters. The summed E-state index contributed by atoms with van der Waals surface area (Å²) in [6, 6.07) is 10.2. The van der Waals surface area contributed by atoms with Crippen LogP contribution in [0.25, 0.3) is 0 Å². The molecular formula is C23H36IN5O. The summed E-state index contributed by atoms with van der Waals surface area (Å²) in [4.78, 5) is 22.0. The highest BCUT2D eigenvalue weighted by Crippen LogP contribution is 2.33. The van der Waals surface area contributed by atoms with E-state index in [0.717, 1.165) is 50.2 Å². The first-order valence-corrected chi connectivity index (χ1v) is 11.3. The van der Waals surface area contributed by atoms with Gasteiger partial charge in [0, 0.05) is 56.4 Å². The van der Waals surface area contributed by atoms with Gasteiger partial charge in [0.15, 0.2) is 5.96 Å². The van der Waals surface area contributed by atoms with Crippen molar-refractivity contribution in [1.29, 1.82) is 0 Å². The third-order valence-corrected chi connectivity index (χ3v) is 6.33. The fraction of sp³-hybridized carbons (Fsp3) is 0.652. The lowest BCUT2D eigenvalue weighted by Crippen LogP contribution is -2.44. The molecule has 0 aromatic heterocycles. The molecule has 1 amide bonds. The van der Waals surface area contributed by atoms with Gasteiger partial charge in [0.1, 0.15) is 0 Å². The molecule has 1 aromatic rings. The molecule has 1 saturated carbocycles. The lowest BCUT2D eigenvalue weighted by Gasteiger charge is -2.20. The van der Waals surface area contributed by atoms with Gasteiger partial charge in [-0.3, -0.25) is 14.7 Å². The van der Waals surface area contributed by atoms with Gasteiger partial charge in [0.05, 0.1) is 0 Å². The number of fused-ring (bicyclic) bond motifs is 1. The number of carbonyl (C=O) groups excluding carboxylic acids is 1. The number of halogens is 1. The number of nitrogens with one attached hydrogen (secondary N) is 2. The molecule has 2 fully saturated rings. The molecule has 6 nitrogen and oxygen atoms in total. The molecule has 2 N–H and O–H groups in total. The van der Waals surface area contributed by atoms with Crippen molar-refractivity contribution in [2.75, 3.05) is 31.1 Å². The maximum atomic E-state index is 12.6. The number of rotatable bonds is 7. The van der Waals surface area contributed by atoms with Gasteiger partial charge in [0.2, 0.25) is 5.91 Å². The van der Waals surface area contributed by atoms with Crippen LogP contribution in [-0.2, 0) is 11.2 Å². The molecule has 2 atom stereocenters. The van der Waals surface area contributed by atoms with E-state index >= 15 is 0 Å². The summed E-state index contributed by atoms with van der Waals surface area (Å²) in [7, 11) is 0. The number of carbonyl (C=O) groups is 1. The molecule has 7 heteroatoms. The van der Waals surface area contributed by atoms with E-state index in [-0.39, 0.29) is 29.9 Å². The summed E-state index contributed by atoms with van der Waals surface area (Å²) in [6.45, 7) is 7.88. The van der Waals surface area contributed by atoms with Crippen LogP contribution in [0, 0.1) is 0 Å². The van der Waals surface area contributed by atoms with E-state index in [1.54, 1.807) is 0 Å². The van der Waals surface area contributed by atoms with Crippen LogP contribution < -0.4 is 15.5 Å². The third-order valence-electron chi connectivity index (χ3n) is 6.33. The zero-order valence-electron chi connectivity index (χ0n) is 18.3. The topological polar surface area (TPSA) is 60.0 Å². The van der Waals surface area contributed by atoms with E-state index in [1.807, 2.05) is 17.0 Å². The maximum Gasteiger partial charge on any atom is 0.227 e. The van der Waals surface area contributed by atoms with E-state index in [2.05, 4.69) is 41.5 Å². The number of anilines is 1. The lowest BCUT2D eigenvalue weighted by molar-refractivity contribution is -0.118. The summed E-state index contributed by atoms with van der Waals surface area (Å²) in [5, 5.41) is 6.98. The Morgan fingerprint density at radius 1 is 1.27 bits per heavy atom. The quantitative estimate of drug-likeness (QED) is 0.249. The zero-order chi connectivity index (χ0) is 20.2. The van der Waals surface area contributed by atoms with Crippen LogP contribution in [0.1, 0.15) is 51.5 Å². The molecule has 1 aliphatic carbocycles. The van der Waals surface area contributed by atoms with Gasteiger partial charge in [-0.25, -0.2) is 0 Å². The fourth-order valence-corrected chi connectivity index (χ4v) is 4.74. The molecule has 30 heavy (non-hydrogen) atoms. The number of likely N-dealkylation sites (tertiary alicyclic amines) is 1. The van der Waals surface area contributed by atoms with Crippen molar-refractivity contribution in [3.63, 3.8) is 0 Å². The number of aliphatic imine (C=N–C) groups is 1. The van der Waals surface area contributed by atoms with Crippen LogP contribution in [0.2, 0.25) is 0 Å². The van der Waals surface area contributed by atoms with Crippen molar-refractivity contribution in [1.82, 2.24) is 15.5 Å². The minimum atomic E-state index is 0. The number of para-hydroxylation sites is 1. The Kier molecular flexibility index (Phi) is 8.39. The van der Waals surface area contributed by atoms with Crippen LogP contribution in [-0.4, -0.2) is 61.1 Å². The minimum Gasteiger partial charge on any atom is -0.357 e. The second-order valence-corrected chi connectivity index (χ2v) is 8.64. The highest BCUT2D eigenvalue weighted by Gasteiger charge is 2.38. The van der Waals surface area contributed by atoms with Gasteiger partial charge in [-0.05, 0) is 57.6 Å². The summed E-state index contributed by atoms with van der Waals surface area (Å²) in [6.07, 6.45) is 6.19. The Bertz CT molecular complexity index is 751. The molecule has 1 saturated heterocycles. The largest absolute Gasteiger partial charge is 0.357 e. The Morgan fingerprint density at radius 3 is 2.83 bits per heavy atom. The van der Waals surface area contributed by atoms with E-state index in [1.165, 1.54) is 24.8 Å². The van der Waals surface area contributed by atoms with E-state index < -0.39 is 0 Å². The molecule has 1 aromatic carbocycles. The molecule has 166 valence electrons. The van der Waals surface area contributed by atoms with Crippen LogP contribution in [0.4, 0.5) is 5.69 Å². The number of amides is 1. The standard InChI is InChI=1S/C23H35N5O.HI/c1-3-24-23(26-19-15-17(2)28(16-19)20-10-11-20)25-13-6-9-22(29)27-14-12-18-7-4-5-8-21(18)27;/h4-5,7-8,17,19-20H,3,6,9-16H2,1-2H3,(H2,24,25,26);1H. The smallest absolute Gasteiger partial charge is 0.227 e. The molecule has 2 heterocycles. The number of nitrogens with zero attached hydrogens (tertiary/aromatic N) is 3. The van der Waals surface area contributed by atoms with E-state index in [4.69, 9.17) is 4.99 Å². The molecule has 0 spiro atoms. The summed E-state index contributed by atoms with van der Waals surface area (Å²) in [5.74, 6) is 1.11. The van der Waals surface area contributed by atoms with Crippen molar-refractivity contribution >= 4 is 41.5 Å². The minimum absolute atomic E-state index is 0. The van der Waals surface area contributed by atoms with Gasteiger partial charge in [0.25, 0.3) is 0 Å². The second-order valence-electron chi connectivity index (χ2n) is 8.64. The number of hydrogen-bond acceptors (Lipinski definition) is 3. The highest BCUT2D eigenvalue weighted by molar-refractivity contribution is 14.0. The Balaban J connectivity index is 0.00000256. The monoisotopic (exact) mass is 525 g/mol. The fourth-order valence-electron chi connectivity index (χ4n) is 4.74. The van der Waals surface area contributed by atoms with Crippen molar-refractivity contribution in [3.05, 3.63) is 29.8 Å². The maximum absolute atomic E-state index is 12.6. The molecular weight excluding hydrogens is 489 g/mol. The van der Waals surface area contributed by atoms with Crippen molar-refractivity contribution in [2.45, 2.75) is 70.5 Å². The first-order chi connectivity index (χ1) is 14.2. The predicted octanol–water partition coefficient (Wildman–Crippen LogP) is 3.15. The SMILES string of the molecule is CCNC(=NCCCC(=O)N1CCc2ccccc21)NC1CC(C)N(C2CC2)C1.I. The van der Waals surface area contributed by atoms with Crippen molar-refractivity contribution in [2.24, 2.45) is 4.99 Å². The molecule has 2 aliphatic heterocycles. The lowest BCUT2D eigenvalue weighted by atomic mass is 10.2. The van der Waals surface area contributed by atoms with Gasteiger partial charge in [-0.2, -0.15) is 0 Å². The Labute approximate surface area is 197 Å². The molecule has 4 rings (SSSR count). The van der Waals surface area contributed by atoms with Crippen molar-refractivity contribution in [3.8, 4) is 0 Å². The van der Waals surface area contributed by atoms with Crippen LogP contribution in [0.3, 0.4) is 0 Å². The number of hydrogen-bond donors (Lipinski definition) is 2. The van der Waals surface area contributed by atoms with Crippen LogP contribution in [0.5, 0.6) is 0 Å². The summed E-state index contributed by atoms with van der Waals surface area (Å²) in [5.41, 5.74) is 2.37. The Morgan fingerprint density at radius 2 is 2.07 bits per heavy atom. The first-order valence-electron chi connectivity index (χ1n) is 11.3. The number of benzene rings is 1. The first kappa shape index (κ1) is 23.3. The van der Waals surface area contributed by atoms with Gasteiger partial charge < -0.3 is 15.5 Å². The number of guanidine groups is 1. The van der Waals surface area contributed by atoms with Crippen LogP contribution in [0.15, 0.2) is 29.3 Å². The summed E-state index contributed by atoms with van der Waals surface area (Å²) < 4.78 is 0. The van der Waals surface area contributed by atoms with E-state index in [0.29, 0.717) is 25.0 Å². The van der Waals surface area contributed by atoms with Gasteiger partial charge >= 0.3 is 0 Å². The summed E-state index contributed by atoms with van der Waals surface area (Å²) >= 11 is 0. The normalized spacial score (nSPS) is 23.8.